The van der Waals surface area contributed by atoms with Crippen molar-refractivity contribution in [1.82, 2.24) is 0 Å². The van der Waals surface area contributed by atoms with Gasteiger partial charge in [0.2, 0.25) is 11.6 Å². The van der Waals surface area contributed by atoms with E-state index in [2.05, 4.69) is 6.92 Å². The van der Waals surface area contributed by atoms with Crippen LogP contribution < -0.4 is 4.74 Å². The molecule has 37 heavy (non-hydrogen) atoms. The van der Waals surface area contributed by atoms with Gasteiger partial charge < -0.3 is 9.84 Å². The molecule has 2 aromatic carbocycles. The van der Waals surface area contributed by atoms with Gasteiger partial charge in [-0.2, -0.15) is 4.39 Å². The van der Waals surface area contributed by atoms with Crippen molar-refractivity contribution < 1.29 is 28.9 Å². The molecule has 0 aliphatic carbocycles. The van der Waals surface area contributed by atoms with E-state index in [0.29, 0.717) is 37.0 Å². The monoisotopic (exact) mass is 518 g/mol. The van der Waals surface area contributed by atoms with Gasteiger partial charge in [0.25, 0.3) is 0 Å². The number of carboxylic acid groups (broad SMARTS) is 1. The lowest BCUT2D eigenvalue weighted by Gasteiger charge is -2.20. The molecule has 1 atom stereocenters. The summed E-state index contributed by atoms with van der Waals surface area (Å²) in [6, 6.07) is 8.85. The molecule has 1 N–H and O–H groups in total. The number of nitrogens with zero attached hydrogens (tertiary/aromatic N) is 2. The summed E-state index contributed by atoms with van der Waals surface area (Å²) in [5.41, 5.74) is 0.131. The van der Waals surface area contributed by atoms with Crippen molar-refractivity contribution in [2.75, 3.05) is 0 Å². The molecule has 9 nitrogen and oxygen atoms in total. The number of hydrogen-bond donors (Lipinski definition) is 1. The molecule has 0 spiro atoms. The van der Waals surface area contributed by atoms with Gasteiger partial charge in [0.15, 0.2) is 0 Å². The predicted octanol–water partition coefficient (Wildman–Crippen LogP) is 7.70. The highest BCUT2D eigenvalue weighted by Gasteiger charge is 2.28. The summed E-state index contributed by atoms with van der Waals surface area (Å²) in [5, 5.41) is 31.4. The summed E-state index contributed by atoms with van der Waals surface area (Å²) in [7, 11) is 0. The molecule has 1 unspecified atom stereocenters. The van der Waals surface area contributed by atoms with Crippen molar-refractivity contribution in [3.63, 3.8) is 0 Å². The number of nitro groups is 2. The summed E-state index contributed by atoms with van der Waals surface area (Å²) >= 11 is 0. The highest BCUT2D eigenvalue weighted by molar-refractivity contribution is 5.66. The standard InChI is InChI=1S/C27H35FN2O7/c1-2-3-4-5-6-7-8-11-20-14-16-21(17-15-20)25(12-9-10-13-27(31)32)37-26-18-22(28)23(29(33)34)19-24(26)30(35)36/h14-19,25H,2-13H2,1H3,(H,31,32). The average molecular weight is 519 g/mol. The maximum Gasteiger partial charge on any atom is 0.318 e. The van der Waals surface area contributed by atoms with Crippen LogP contribution in [0.2, 0.25) is 0 Å². The zero-order valence-corrected chi connectivity index (χ0v) is 21.2. The summed E-state index contributed by atoms with van der Waals surface area (Å²) in [4.78, 5) is 31.5. The van der Waals surface area contributed by atoms with E-state index >= 15 is 0 Å². The highest BCUT2D eigenvalue weighted by atomic mass is 19.1. The van der Waals surface area contributed by atoms with Crippen LogP contribution in [0.5, 0.6) is 5.75 Å². The molecule has 0 radical (unpaired) electrons. The van der Waals surface area contributed by atoms with Crippen molar-refractivity contribution in [2.24, 2.45) is 0 Å². The first-order valence-electron chi connectivity index (χ1n) is 12.8. The zero-order valence-electron chi connectivity index (χ0n) is 21.2. The normalized spacial score (nSPS) is 11.7. The fraction of sp³-hybridized carbons (Fsp3) is 0.519. The molecule has 0 heterocycles. The molecule has 0 amide bonds. The number of ether oxygens (including phenoxy) is 1. The molecule has 2 rings (SSSR count). The van der Waals surface area contributed by atoms with Crippen molar-refractivity contribution in [1.29, 1.82) is 0 Å². The lowest BCUT2D eigenvalue weighted by Crippen LogP contribution is -2.10. The number of hydrogen-bond acceptors (Lipinski definition) is 6. The van der Waals surface area contributed by atoms with Crippen LogP contribution in [0.3, 0.4) is 0 Å². The fourth-order valence-corrected chi connectivity index (χ4v) is 4.15. The Morgan fingerprint density at radius 1 is 0.919 bits per heavy atom. The lowest BCUT2D eigenvalue weighted by molar-refractivity contribution is -0.396. The van der Waals surface area contributed by atoms with Crippen molar-refractivity contribution in [2.45, 2.75) is 90.1 Å². The number of unbranched alkanes of at least 4 members (excludes halogenated alkanes) is 7. The Hall–Kier alpha value is -3.56. The Morgan fingerprint density at radius 3 is 2.14 bits per heavy atom. The predicted molar refractivity (Wildman–Crippen MR) is 137 cm³/mol. The first kappa shape index (κ1) is 29.7. The van der Waals surface area contributed by atoms with Crippen LogP contribution in [0.1, 0.15) is 94.8 Å². The number of aliphatic carboxylic acids is 1. The maximum atomic E-state index is 14.3. The number of halogens is 1. The molecular formula is C27H35FN2O7. The van der Waals surface area contributed by atoms with Crippen molar-refractivity contribution in [3.05, 3.63) is 73.6 Å². The van der Waals surface area contributed by atoms with Gasteiger partial charge in [-0.15, -0.1) is 0 Å². The van der Waals surface area contributed by atoms with Crippen molar-refractivity contribution >= 4 is 17.3 Å². The van der Waals surface area contributed by atoms with Crippen LogP contribution in [0, 0.1) is 26.0 Å². The van der Waals surface area contributed by atoms with Crippen LogP contribution in [0.25, 0.3) is 0 Å². The number of carboxylic acids is 1. The van der Waals surface area contributed by atoms with Gasteiger partial charge in [-0.1, -0.05) is 69.7 Å². The number of carbonyl (C=O) groups is 1. The number of aryl methyl sites for hydroxylation is 1. The Labute approximate surface area is 216 Å². The molecule has 202 valence electrons. The third-order valence-electron chi connectivity index (χ3n) is 6.22. The molecule has 0 bridgehead atoms. The maximum absolute atomic E-state index is 14.3. The topological polar surface area (TPSA) is 133 Å². The van der Waals surface area contributed by atoms with Crippen LogP contribution in [0.4, 0.5) is 15.8 Å². The average Bonchev–Trinajstić information content (AvgIpc) is 2.85. The number of nitro benzene ring substituents is 2. The smallest absolute Gasteiger partial charge is 0.318 e. The van der Waals surface area contributed by atoms with Gasteiger partial charge in [0.1, 0.15) is 12.2 Å². The van der Waals surface area contributed by atoms with Gasteiger partial charge in [-0.05, 0) is 43.2 Å². The second-order valence-electron chi connectivity index (χ2n) is 9.14. The minimum atomic E-state index is -1.24. The molecule has 0 aliphatic heterocycles. The fourth-order valence-electron chi connectivity index (χ4n) is 4.15. The van der Waals surface area contributed by atoms with E-state index in [1.807, 2.05) is 24.3 Å². The summed E-state index contributed by atoms with van der Waals surface area (Å²) in [6.45, 7) is 2.20. The van der Waals surface area contributed by atoms with Gasteiger partial charge in [-0.3, -0.25) is 25.0 Å². The summed E-state index contributed by atoms with van der Waals surface area (Å²) in [5.74, 6) is -2.58. The second-order valence-corrected chi connectivity index (χ2v) is 9.14. The molecular weight excluding hydrogens is 483 g/mol. The van der Waals surface area contributed by atoms with E-state index < -0.39 is 44.9 Å². The van der Waals surface area contributed by atoms with E-state index in [-0.39, 0.29) is 6.42 Å². The number of benzene rings is 2. The van der Waals surface area contributed by atoms with E-state index in [1.165, 1.54) is 32.1 Å². The largest absolute Gasteiger partial charge is 0.481 e. The Morgan fingerprint density at radius 2 is 1.54 bits per heavy atom. The summed E-state index contributed by atoms with van der Waals surface area (Å²) < 4.78 is 20.1. The van der Waals surface area contributed by atoms with Crippen LogP contribution in [0.15, 0.2) is 36.4 Å². The van der Waals surface area contributed by atoms with E-state index in [0.717, 1.165) is 24.8 Å². The second kappa shape index (κ2) is 15.5. The van der Waals surface area contributed by atoms with Crippen molar-refractivity contribution in [3.8, 4) is 5.75 Å². The van der Waals surface area contributed by atoms with E-state index in [1.54, 1.807) is 0 Å². The third kappa shape index (κ3) is 10.1. The molecule has 0 aromatic heterocycles. The van der Waals surface area contributed by atoms with Crippen LogP contribution >= 0.6 is 0 Å². The zero-order chi connectivity index (χ0) is 27.2. The minimum absolute atomic E-state index is 0.0313. The molecule has 10 heteroatoms. The molecule has 2 aromatic rings. The Kier molecular flexibility index (Phi) is 12.5. The SMILES string of the molecule is CCCCCCCCCc1ccc(C(CCCCC(=O)O)Oc2cc(F)c([N+](=O)[O-])cc2[N+](=O)[O-])cc1. The highest BCUT2D eigenvalue weighted by Crippen LogP contribution is 2.37. The van der Waals surface area contributed by atoms with Gasteiger partial charge in [0, 0.05) is 12.5 Å². The van der Waals surface area contributed by atoms with Crippen LogP contribution in [-0.4, -0.2) is 20.9 Å². The number of rotatable bonds is 18. The molecule has 0 fully saturated rings. The molecule has 0 aliphatic rings. The first-order chi connectivity index (χ1) is 17.7. The van der Waals surface area contributed by atoms with E-state index in [4.69, 9.17) is 9.84 Å². The van der Waals surface area contributed by atoms with Gasteiger partial charge in [0.05, 0.1) is 9.85 Å². The van der Waals surface area contributed by atoms with Crippen LogP contribution in [-0.2, 0) is 11.2 Å². The van der Waals surface area contributed by atoms with E-state index in [9.17, 15) is 29.4 Å². The molecule has 0 saturated carbocycles. The summed E-state index contributed by atoms with van der Waals surface area (Å²) in [6.07, 6.45) is 9.83. The Balaban J connectivity index is 2.15. The van der Waals surface area contributed by atoms with Gasteiger partial charge in [-0.25, -0.2) is 0 Å². The quantitative estimate of drug-likeness (QED) is 0.121. The third-order valence-corrected chi connectivity index (χ3v) is 6.22. The lowest BCUT2D eigenvalue weighted by atomic mass is 9.99. The van der Waals surface area contributed by atoms with Gasteiger partial charge >= 0.3 is 17.3 Å². The Bertz CT molecular complexity index is 1040. The first-order valence-corrected chi connectivity index (χ1v) is 12.8. The molecule has 0 saturated heterocycles. The minimum Gasteiger partial charge on any atom is -0.481 e.